The Bertz CT molecular complexity index is 713. The summed E-state index contributed by atoms with van der Waals surface area (Å²) in [4.78, 5) is 0. The molecule has 3 heteroatoms. The van der Waals surface area contributed by atoms with Gasteiger partial charge < -0.3 is 14.3 Å². The van der Waals surface area contributed by atoms with Crippen molar-refractivity contribution >= 4 is 0 Å². The average Bonchev–Trinajstić information content (AvgIpc) is 3.03. The van der Waals surface area contributed by atoms with Crippen molar-refractivity contribution in [3.8, 4) is 0 Å². The fraction of sp³-hybridized carbons (Fsp3) is 0.826. The van der Waals surface area contributed by atoms with Crippen molar-refractivity contribution in [2.75, 3.05) is 0 Å². The summed E-state index contributed by atoms with van der Waals surface area (Å²) in [7, 11) is 0. The molecule has 0 radical (unpaired) electrons. The van der Waals surface area contributed by atoms with Gasteiger partial charge in [-0.1, -0.05) is 13.8 Å². The van der Waals surface area contributed by atoms with Gasteiger partial charge in [0.1, 0.15) is 0 Å². The van der Waals surface area contributed by atoms with Crippen molar-refractivity contribution in [2.24, 2.45) is 34.5 Å². The molecule has 142 valence electrons. The maximum atomic E-state index is 11.8. The van der Waals surface area contributed by atoms with Gasteiger partial charge in [0.15, 0.2) is 0 Å². The molecule has 2 heterocycles. The first-order chi connectivity index (χ1) is 12.5. The Kier molecular flexibility index (Phi) is 3.09. The van der Waals surface area contributed by atoms with Gasteiger partial charge in [0, 0.05) is 11.0 Å². The molecule has 1 saturated heterocycles. The second-order valence-electron chi connectivity index (χ2n) is 10.7. The number of furan rings is 1. The second-order valence-corrected chi connectivity index (χ2v) is 10.7. The maximum absolute atomic E-state index is 11.8. The van der Waals surface area contributed by atoms with E-state index in [9.17, 15) is 5.11 Å². The molecule has 9 atom stereocenters. The molecule has 1 N–H and O–H groups in total. The molecule has 26 heavy (non-hydrogen) atoms. The lowest BCUT2D eigenvalue weighted by Gasteiger charge is -2.60. The lowest BCUT2D eigenvalue weighted by Crippen LogP contribution is -2.55. The molecule has 0 aromatic carbocycles. The van der Waals surface area contributed by atoms with E-state index in [1.807, 2.05) is 6.07 Å². The summed E-state index contributed by atoms with van der Waals surface area (Å²) in [6, 6.07) is 1.99. The zero-order valence-corrected chi connectivity index (χ0v) is 16.1. The van der Waals surface area contributed by atoms with Crippen LogP contribution in [0.25, 0.3) is 0 Å². The number of fused-ring (bicyclic) bond motifs is 6. The van der Waals surface area contributed by atoms with E-state index in [0.29, 0.717) is 23.5 Å². The summed E-state index contributed by atoms with van der Waals surface area (Å²) >= 11 is 0. The van der Waals surface area contributed by atoms with Gasteiger partial charge in [0.2, 0.25) is 0 Å². The normalized spacial score (nSPS) is 57.7. The van der Waals surface area contributed by atoms with Crippen LogP contribution in [-0.2, 0) is 10.3 Å². The Morgan fingerprint density at radius 3 is 2.69 bits per heavy atom. The lowest BCUT2D eigenvalue weighted by atomic mass is 9.44. The third-order valence-electron chi connectivity index (χ3n) is 10.1. The van der Waals surface area contributed by atoms with Crippen LogP contribution in [-0.4, -0.2) is 17.3 Å². The largest absolute Gasteiger partial charge is 0.472 e. The van der Waals surface area contributed by atoms with Crippen LogP contribution in [0.15, 0.2) is 23.0 Å². The first-order valence-corrected chi connectivity index (χ1v) is 10.9. The van der Waals surface area contributed by atoms with Crippen molar-refractivity contribution in [1.82, 2.24) is 0 Å². The van der Waals surface area contributed by atoms with Gasteiger partial charge in [0.05, 0.1) is 30.3 Å². The molecule has 6 rings (SSSR count). The average molecular weight is 357 g/mol. The van der Waals surface area contributed by atoms with Gasteiger partial charge in [-0.15, -0.1) is 0 Å². The highest BCUT2D eigenvalue weighted by Crippen LogP contribution is 2.70. The smallest absolute Gasteiger partial charge is 0.0983 e. The fourth-order valence-electron chi connectivity index (χ4n) is 8.51. The number of ether oxygens (including phenoxy) is 1. The van der Waals surface area contributed by atoms with E-state index in [1.165, 1.54) is 38.5 Å². The van der Waals surface area contributed by atoms with Crippen LogP contribution in [0.4, 0.5) is 0 Å². The third-order valence-corrected chi connectivity index (χ3v) is 10.1. The standard InChI is InChI=1S/C23H32O3/c1-21-12-20-19(26-20)11-14(21)3-4-16-17(21)5-8-22(2)18(16)6-9-23(22,24)15-7-10-25-13-15/h7,10,13-14,16-20,24H,3-6,8-9,11-12H2,1-2H3/t14-,16-,17+,18+,19?,20?,21+,22+,23+/m1/s1. The summed E-state index contributed by atoms with van der Waals surface area (Å²) in [6.07, 6.45) is 14.5. The predicted molar refractivity (Wildman–Crippen MR) is 98.4 cm³/mol. The highest BCUT2D eigenvalue weighted by molar-refractivity contribution is 5.26. The van der Waals surface area contributed by atoms with Crippen LogP contribution in [0, 0.1) is 34.5 Å². The molecule has 0 amide bonds. The van der Waals surface area contributed by atoms with Crippen LogP contribution in [0.5, 0.6) is 0 Å². The van der Waals surface area contributed by atoms with Gasteiger partial charge in [-0.05, 0) is 86.5 Å². The molecule has 0 spiro atoms. The summed E-state index contributed by atoms with van der Waals surface area (Å²) < 4.78 is 11.3. The Morgan fingerprint density at radius 1 is 1.04 bits per heavy atom. The van der Waals surface area contributed by atoms with Crippen LogP contribution in [0.3, 0.4) is 0 Å². The zero-order valence-electron chi connectivity index (χ0n) is 16.1. The minimum atomic E-state index is -0.704. The van der Waals surface area contributed by atoms with Crippen LogP contribution in [0.1, 0.15) is 70.8 Å². The van der Waals surface area contributed by atoms with Crippen LogP contribution < -0.4 is 0 Å². The molecule has 1 aromatic heterocycles. The molecular weight excluding hydrogens is 324 g/mol. The molecule has 1 aromatic rings. The first kappa shape index (κ1) is 16.2. The van der Waals surface area contributed by atoms with Gasteiger partial charge in [-0.2, -0.15) is 0 Å². The first-order valence-electron chi connectivity index (χ1n) is 10.9. The third kappa shape index (κ3) is 1.82. The fourth-order valence-corrected chi connectivity index (χ4v) is 8.51. The van der Waals surface area contributed by atoms with Gasteiger partial charge in [0.25, 0.3) is 0 Å². The lowest BCUT2D eigenvalue weighted by molar-refractivity contribution is -0.153. The van der Waals surface area contributed by atoms with Gasteiger partial charge >= 0.3 is 0 Å². The Hall–Kier alpha value is -0.800. The Morgan fingerprint density at radius 2 is 1.88 bits per heavy atom. The van der Waals surface area contributed by atoms with Crippen LogP contribution in [0.2, 0.25) is 0 Å². The molecule has 4 aliphatic carbocycles. The van der Waals surface area contributed by atoms with E-state index in [0.717, 1.165) is 36.2 Å². The minimum absolute atomic E-state index is 0.00544. The van der Waals surface area contributed by atoms with Gasteiger partial charge in [-0.3, -0.25) is 0 Å². The summed E-state index contributed by atoms with van der Waals surface area (Å²) in [6.45, 7) is 4.97. The Balaban J connectivity index is 1.35. The molecule has 5 aliphatic rings. The molecule has 2 unspecified atom stereocenters. The van der Waals surface area contributed by atoms with Crippen molar-refractivity contribution in [1.29, 1.82) is 0 Å². The zero-order chi connectivity index (χ0) is 17.7. The molecule has 3 nitrogen and oxygen atoms in total. The van der Waals surface area contributed by atoms with Crippen molar-refractivity contribution < 1.29 is 14.3 Å². The van der Waals surface area contributed by atoms with Crippen molar-refractivity contribution in [3.63, 3.8) is 0 Å². The van der Waals surface area contributed by atoms with Crippen molar-refractivity contribution in [2.45, 2.75) is 83.0 Å². The number of rotatable bonds is 1. The number of hydrogen-bond donors (Lipinski definition) is 1. The highest BCUT2D eigenvalue weighted by atomic mass is 16.6. The molecular formula is C23H32O3. The maximum Gasteiger partial charge on any atom is 0.0983 e. The monoisotopic (exact) mass is 356 g/mol. The number of aliphatic hydroxyl groups is 1. The quantitative estimate of drug-likeness (QED) is 0.729. The molecule has 5 fully saturated rings. The number of hydrogen-bond acceptors (Lipinski definition) is 3. The molecule has 0 bridgehead atoms. The van der Waals surface area contributed by atoms with E-state index in [-0.39, 0.29) is 5.41 Å². The summed E-state index contributed by atoms with van der Waals surface area (Å²) in [5.41, 5.74) is 0.769. The van der Waals surface area contributed by atoms with E-state index < -0.39 is 5.60 Å². The van der Waals surface area contributed by atoms with Gasteiger partial charge in [-0.25, -0.2) is 0 Å². The van der Waals surface area contributed by atoms with Crippen LogP contribution >= 0.6 is 0 Å². The SMILES string of the molecule is C[C@]12CC3OC3C[C@H]1CC[C@@H]1[C@@H]2CC[C@@]2(C)[C@H]1CC[C@]2(O)c1ccoc1. The summed E-state index contributed by atoms with van der Waals surface area (Å²) in [5, 5.41) is 11.8. The second kappa shape index (κ2) is 4.97. The highest BCUT2D eigenvalue weighted by Gasteiger charge is 2.66. The van der Waals surface area contributed by atoms with E-state index in [1.54, 1.807) is 12.5 Å². The number of epoxide rings is 1. The van der Waals surface area contributed by atoms with Crippen molar-refractivity contribution in [3.05, 3.63) is 24.2 Å². The summed E-state index contributed by atoms with van der Waals surface area (Å²) in [5.74, 6) is 3.13. The Labute approximate surface area is 156 Å². The van der Waals surface area contributed by atoms with E-state index >= 15 is 0 Å². The van der Waals surface area contributed by atoms with E-state index in [2.05, 4.69) is 13.8 Å². The molecule has 4 saturated carbocycles. The predicted octanol–water partition coefficient (Wildman–Crippen LogP) is 4.89. The molecule has 1 aliphatic heterocycles. The minimum Gasteiger partial charge on any atom is -0.472 e. The van der Waals surface area contributed by atoms with E-state index in [4.69, 9.17) is 9.15 Å². The topological polar surface area (TPSA) is 45.9 Å².